The van der Waals surface area contributed by atoms with Crippen LogP contribution in [0.5, 0.6) is 0 Å². The van der Waals surface area contributed by atoms with Gasteiger partial charge in [-0.15, -0.1) is 24.8 Å². The summed E-state index contributed by atoms with van der Waals surface area (Å²) in [5.74, 6) is 0.693. The molecule has 0 radical (unpaired) electrons. The highest BCUT2D eigenvalue weighted by molar-refractivity contribution is 5.94. The standard InChI is InChI=1S/C15H20N4O2.2ClH/c16-11-4-3-10(7-11)15(21)18-12-5-6-13(17-8-12)19-14(20)9-1-2-9;;/h5-6,8-11H,1-4,7,16H2,(H,18,21)(H,17,19,20);2*1H. The van der Waals surface area contributed by atoms with E-state index in [2.05, 4.69) is 15.6 Å². The van der Waals surface area contributed by atoms with Crippen LogP contribution < -0.4 is 16.4 Å². The largest absolute Gasteiger partial charge is 0.328 e. The topological polar surface area (TPSA) is 97.1 Å². The van der Waals surface area contributed by atoms with Crippen LogP contribution in [0, 0.1) is 11.8 Å². The van der Waals surface area contributed by atoms with Crippen molar-refractivity contribution in [3.05, 3.63) is 18.3 Å². The summed E-state index contributed by atoms with van der Waals surface area (Å²) in [7, 11) is 0. The summed E-state index contributed by atoms with van der Waals surface area (Å²) in [6.45, 7) is 0. The normalized spacial score (nSPS) is 22.5. The number of aromatic nitrogens is 1. The van der Waals surface area contributed by atoms with Crippen molar-refractivity contribution in [1.29, 1.82) is 0 Å². The highest BCUT2D eigenvalue weighted by atomic mass is 35.5. The first-order valence-corrected chi connectivity index (χ1v) is 7.45. The molecule has 0 aromatic carbocycles. The van der Waals surface area contributed by atoms with Gasteiger partial charge in [0.05, 0.1) is 11.9 Å². The Bertz CT molecular complexity index is 549. The summed E-state index contributed by atoms with van der Waals surface area (Å²) in [6, 6.07) is 3.59. The van der Waals surface area contributed by atoms with Gasteiger partial charge in [-0.05, 0) is 44.2 Å². The minimum absolute atomic E-state index is 0. The highest BCUT2D eigenvalue weighted by Gasteiger charge is 2.30. The molecule has 1 heterocycles. The van der Waals surface area contributed by atoms with E-state index < -0.39 is 0 Å². The molecule has 2 aliphatic rings. The van der Waals surface area contributed by atoms with E-state index in [1.165, 1.54) is 0 Å². The molecule has 0 spiro atoms. The van der Waals surface area contributed by atoms with Crippen LogP contribution in [0.15, 0.2) is 18.3 Å². The highest BCUT2D eigenvalue weighted by Crippen LogP contribution is 2.30. The van der Waals surface area contributed by atoms with Gasteiger partial charge < -0.3 is 16.4 Å². The Hall–Kier alpha value is -1.37. The molecule has 1 aromatic heterocycles. The van der Waals surface area contributed by atoms with Gasteiger partial charge in [0.2, 0.25) is 11.8 Å². The van der Waals surface area contributed by atoms with Crippen LogP contribution >= 0.6 is 24.8 Å². The van der Waals surface area contributed by atoms with Gasteiger partial charge in [-0.3, -0.25) is 9.59 Å². The number of nitrogens with one attached hydrogen (secondary N) is 2. The summed E-state index contributed by atoms with van der Waals surface area (Å²) in [6.07, 6.45) is 5.98. The van der Waals surface area contributed by atoms with E-state index in [1.807, 2.05) is 0 Å². The van der Waals surface area contributed by atoms with Gasteiger partial charge in [0.15, 0.2) is 0 Å². The predicted octanol–water partition coefficient (Wildman–Crippen LogP) is 2.34. The van der Waals surface area contributed by atoms with Crippen LogP contribution in [0.4, 0.5) is 11.5 Å². The molecule has 0 aliphatic heterocycles. The average molecular weight is 361 g/mol. The first-order chi connectivity index (χ1) is 10.1. The molecule has 3 rings (SSSR count). The lowest BCUT2D eigenvalue weighted by Crippen LogP contribution is -2.23. The fourth-order valence-corrected chi connectivity index (χ4v) is 2.61. The summed E-state index contributed by atoms with van der Waals surface area (Å²) in [5.41, 5.74) is 6.46. The smallest absolute Gasteiger partial charge is 0.228 e. The number of halogens is 2. The molecule has 2 atom stereocenters. The Kier molecular flexibility index (Phi) is 7.25. The van der Waals surface area contributed by atoms with Crippen LogP contribution in [0.2, 0.25) is 0 Å². The molecular formula is C15H22Cl2N4O2. The van der Waals surface area contributed by atoms with Gasteiger partial charge in [-0.25, -0.2) is 4.98 Å². The van der Waals surface area contributed by atoms with E-state index >= 15 is 0 Å². The third-order valence-electron chi connectivity index (χ3n) is 4.07. The van der Waals surface area contributed by atoms with Crippen LogP contribution in [-0.4, -0.2) is 22.8 Å². The second kappa shape index (κ2) is 8.47. The maximum Gasteiger partial charge on any atom is 0.228 e. The van der Waals surface area contributed by atoms with Gasteiger partial charge in [0.1, 0.15) is 5.82 Å². The van der Waals surface area contributed by atoms with Crippen molar-refractivity contribution in [3.8, 4) is 0 Å². The lowest BCUT2D eigenvalue weighted by Gasteiger charge is -2.11. The van der Waals surface area contributed by atoms with Gasteiger partial charge in [0.25, 0.3) is 0 Å². The summed E-state index contributed by atoms with van der Waals surface area (Å²) in [4.78, 5) is 27.8. The zero-order valence-electron chi connectivity index (χ0n) is 12.7. The fraction of sp³-hybridized carbons (Fsp3) is 0.533. The van der Waals surface area contributed by atoms with Crippen molar-refractivity contribution in [2.45, 2.75) is 38.1 Å². The number of nitrogens with zero attached hydrogens (tertiary/aromatic N) is 1. The number of hydrogen-bond acceptors (Lipinski definition) is 4. The van der Waals surface area contributed by atoms with E-state index in [0.29, 0.717) is 11.5 Å². The predicted molar refractivity (Wildman–Crippen MR) is 94.0 cm³/mol. The summed E-state index contributed by atoms with van der Waals surface area (Å²) < 4.78 is 0. The number of amides is 2. The number of hydrogen-bond donors (Lipinski definition) is 3. The minimum atomic E-state index is -0.00533. The molecule has 2 amide bonds. The SMILES string of the molecule is Cl.Cl.NC1CCC(C(=O)Nc2ccc(NC(=O)C3CC3)nc2)C1. The Morgan fingerprint density at radius 1 is 1.00 bits per heavy atom. The van der Waals surface area contributed by atoms with Crippen LogP contribution in [0.3, 0.4) is 0 Å². The van der Waals surface area contributed by atoms with Crippen LogP contribution in [0.25, 0.3) is 0 Å². The first kappa shape index (κ1) is 19.7. The molecule has 8 heteroatoms. The molecule has 1 aromatic rings. The molecule has 0 bridgehead atoms. The summed E-state index contributed by atoms with van der Waals surface area (Å²) in [5, 5.41) is 5.62. The minimum Gasteiger partial charge on any atom is -0.328 e. The molecule has 2 fully saturated rings. The molecule has 2 aliphatic carbocycles. The maximum atomic E-state index is 12.1. The van der Waals surface area contributed by atoms with E-state index in [0.717, 1.165) is 32.1 Å². The fourth-order valence-electron chi connectivity index (χ4n) is 2.61. The van der Waals surface area contributed by atoms with Gasteiger partial charge in [-0.1, -0.05) is 0 Å². The van der Waals surface area contributed by atoms with Gasteiger partial charge in [0, 0.05) is 17.9 Å². The average Bonchev–Trinajstić information content (AvgIpc) is 3.23. The van der Waals surface area contributed by atoms with Gasteiger partial charge in [-0.2, -0.15) is 0 Å². The van der Waals surface area contributed by atoms with Crippen LogP contribution in [0.1, 0.15) is 32.1 Å². The Labute approximate surface area is 147 Å². The zero-order chi connectivity index (χ0) is 14.8. The van der Waals surface area contributed by atoms with Crippen molar-refractivity contribution >= 4 is 48.1 Å². The number of anilines is 2. The first-order valence-electron chi connectivity index (χ1n) is 7.45. The van der Waals surface area contributed by atoms with Crippen molar-refractivity contribution in [1.82, 2.24) is 4.98 Å². The van der Waals surface area contributed by atoms with Crippen molar-refractivity contribution in [2.24, 2.45) is 17.6 Å². The van der Waals surface area contributed by atoms with E-state index in [-0.39, 0.29) is 54.5 Å². The van der Waals surface area contributed by atoms with Crippen molar-refractivity contribution in [3.63, 3.8) is 0 Å². The Balaban J connectivity index is 0.00000132. The lowest BCUT2D eigenvalue weighted by molar-refractivity contribution is -0.119. The Morgan fingerprint density at radius 2 is 1.65 bits per heavy atom. The number of rotatable bonds is 4. The maximum absolute atomic E-state index is 12.1. The number of pyridine rings is 1. The molecule has 128 valence electrons. The monoisotopic (exact) mass is 360 g/mol. The van der Waals surface area contributed by atoms with Gasteiger partial charge >= 0.3 is 0 Å². The molecular weight excluding hydrogens is 339 g/mol. The second-order valence-corrected chi connectivity index (χ2v) is 5.95. The number of nitrogens with two attached hydrogens (primary N) is 1. The molecule has 0 saturated heterocycles. The second-order valence-electron chi connectivity index (χ2n) is 5.95. The quantitative estimate of drug-likeness (QED) is 0.767. The summed E-state index contributed by atoms with van der Waals surface area (Å²) >= 11 is 0. The lowest BCUT2D eigenvalue weighted by atomic mass is 10.1. The van der Waals surface area contributed by atoms with E-state index in [1.54, 1.807) is 18.3 Å². The van der Waals surface area contributed by atoms with Crippen molar-refractivity contribution in [2.75, 3.05) is 10.6 Å². The number of carbonyl (C=O) groups is 2. The molecule has 6 nitrogen and oxygen atoms in total. The van der Waals surface area contributed by atoms with E-state index in [9.17, 15) is 9.59 Å². The van der Waals surface area contributed by atoms with Crippen molar-refractivity contribution < 1.29 is 9.59 Å². The molecule has 2 saturated carbocycles. The number of carbonyl (C=O) groups excluding carboxylic acids is 2. The third-order valence-corrected chi connectivity index (χ3v) is 4.07. The molecule has 4 N–H and O–H groups in total. The third kappa shape index (κ3) is 5.34. The van der Waals surface area contributed by atoms with Crippen LogP contribution in [-0.2, 0) is 9.59 Å². The Morgan fingerprint density at radius 3 is 2.17 bits per heavy atom. The van der Waals surface area contributed by atoms with E-state index in [4.69, 9.17) is 5.73 Å². The zero-order valence-corrected chi connectivity index (χ0v) is 14.3. The molecule has 2 unspecified atom stereocenters. The molecule has 23 heavy (non-hydrogen) atoms.